The number of thiazole rings is 1. The summed E-state index contributed by atoms with van der Waals surface area (Å²) in [5.41, 5.74) is 1.90. The summed E-state index contributed by atoms with van der Waals surface area (Å²) < 4.78 is 0. The summed E-state index contributed by atoms with van der Waals surface area (Å²) in [6.07, 6.45) is 4.28. The highest BCUT2D eigenvalue weighted by Crippen LogP contribution is 2.22. The molecule has 1 N–H and O–H groups in total. The molecule has 0 atom stereocenters. The van der Waals surface area contributed by atoms with Crippen molar-refractivity contribution in [3.63, 3.8) is 0 Å². The first-order valence-electron chi connectivity index (χ1n) is 12.1. The molecular formula is C25H35N5O2S. The Kier molecular flexibility index (Phi) is 8.34. The van der Waals surface area contributed by atoms with Crippen molar-refractivity contribution >= 4 is 28.3 Å². The van der Waals surface area contributed by atoms with E-state index in [1.807, 2.05) is 15.2 Å². The van der Waals surface area contributed by atoms with E-state index in [9.17, 15) is 9.59 Å². The lowest BCUT2D eigenvalue weighted by atomic mass is 9.90. The van der Waals surface area contributed by atoms with Crippen LogP contribution in [0.4, 0.5) is 5.13 Å². The molecule has 2 aliphatic rings. The average molecular weight is 470 g/mol. The number of hydrogen-bond acceptors (Lipinski definition) is 6. The van der Waals surface area contributed by atoms with E-state index >= 15 is 0 Å². The van der Waals surface area contributed by atoms with Crippen LogP contribution in [0.5, 0.6) is 0 Å². The van der Waals surface area contributed by atoms with Gasteiger partial charge in [-0.2, -0.15) is 0 Å². The number of nitrogens with zero attached hydrogens (tertiary/aromatic N) is 4. The number of piperazine rings is 1. The molecule has 0 aliphatic carbocycles. The molecule has 3 heterocycles. The molecule has 2 fully saturated rings. The van der Waals surface area contributed by atoms with Gasteiger partial charge in [-0.3, -0.25) is 14.5 Å². The zero-order valence-electron chi connectivity index (χ0n) is 19.5. The number of anilines is 1. The van der Waals surface area contributed by atoms with Crippen molar-refractivity contribution in [3.05, 3.63) is 47.0 Å². The quantitative estimate of drug-likeness (QED) is 0.643. The third-order valence-electron chi connectivity index (χ3n) is 6.60. The van der Waals surface area contributed by atoms with E-state index in [2.05, 4.69) is 52.5 Å². The third-order valence-corrected chi connectivity index (χ3v) is 7.40. The summed E-state index contributed by atoms with van der Waals surface area (Å²) in [5.74, 6) is 0.871. The van der Waals surface area contributed by atoms with E-state index in [1.54, 1.807) is 0 Å². The second kappa shape index (κ2) is 11.6. The molecule has 0 unspecified atom stereocenters. The van der Waals surface area contributed by atoms with E-state index in [4.69, 9.17) is 0 Å². The fourth-order valence-corrected chi connectivity index (χ4v) is 5.29. The Morgan fingerprint density at radius 2 is 1.76 bits per heavy atom. The maximum atomic E-state index is 12.8. The summed E-state index contributed by atoms with van der Waals surface area (Å²) in [5, 5.41) is 5.87. The van der Waals surface area contributed by atoms with Gasteiger partial charge < -0.3 is 15.1 Å². The Morgan fingerprint density at radius 3 is 2.45 bits per heavy atom. The Bertz CT molecular complexity index is 903. The van der Waals surface area contributed by atoms with Crippen LogP contribution in [0, 0.1) is 5.92 Å². The van der Waals surface area contributed by atoms with Crippen LogP contribution in [0.15, 0.2) is 35.7 Å². The maximum absolute atomic E-state index is 12.8. The number of carbonyl (C=O) groups excluding carboxylic acids is 2. The summed E-state index contributed by atoms with van der Waals surface area (Å²) >= 11 is 1.48. The lowest BCUT2D eigenvalue weighted by Crippen LogP contribution is -2.52. The fourth-order valence-electron chi connectivity index (χ4n) is 4.58. The molecule has 2 saturated heterocycles. The van der Waals surface area contributed by atoms with Gasteiger partial charge in [-0.1, -0.05) is 37.3 Å². The van der Waals surface area contributed by atoms with Gasteiger partial charge in [0.1, 0.15) is 5.69 Å². The Balaban J connectivity index is 1.17. The van der Waals surface area contributed by atoms with Gasteiger partial charge in [-0.15, -0.1) is 11.3 Å². The van der Waals surface area contributed by atoms with Crippen LogP contribution >= 0.6 is 11.3 Å². The van der Waals surface area contributed by atoms with Gasteiger partial charge >= 0.3 is 0 Å². The lowest BCUT2D eigenvalue weighted by molar-refractivity contribution is -0.134. The molecule has 0 bridgehead atoms. The van der Waals surface area contributed by atoms with Crippen molar-refractivity contribution in [2.75, 3.05) is 57.7 Å². The topological polar surface area (TPSA) is 68.8 Å². The SMILES string of the molecule is CCCNc1nc(C(=O)N2CCN(CC(=O)N3CCC(Cc4ccccc4)CC3)CC2)cs1. The molecule has 0 saturated carbocycles. The van der Waals surface area contributed by atoms with Crippen LogP contribution in [0.3, 0.4) is 0 Å². The average Bonchev–Trinajstić information content (AvgIpc) is 3.33. The summed E-state index contributed by atoms with van der Waals surface area (Å²) in [6, 6.07) is 10.6. The Labute approximate surface area is 200 Å². The minimum absolute atomic E-state index is 0.0118. The minimum Gasteiger partial charge on any atom is -0.362 e. The van der Waals surface area contributed by atoms with Gasteiger partial charge in [0, 0.05) is 51.2 Å². The van der Waals surface area contributed by atoms with Gasteiger partial charge in [0.05, 0.1) is 6.54 Å². The molecule has 2 amide bonds. The van der Waals surface area contributed by atoms with Crippen molar-refractivity contribution in [1.82, 2.24) is 19.7 Å². The van der Waals surface area contributed by atoms with Gasteiger partial charge in [0.25, 0.3) is 5.91 Å². The number of piperidine rings is 1. The second-order valence-corrected chi connectivity index (χ2v) is 9.91. The van der Waals surface area contributed by atoms with E-state index in [-0.39, 0.29) is 11.8 Å². The number of carbonyl (C=O) groups is 2. The van der Waals surface area contributed by atoms with Crippen molar-refractivity contribution in [2.45, 2.75) is 32.6 Å². The fraction of sp³-hybridized carbons (Fsp3) is 0.560. The molecular weight excluding hydrogens is 434 g/mol. The zero-order chi connectivity index (χ0) is 23.0. The monoisotopic (exact) mass is 469 g/mol. The zero-order valence-corrected chi connectivity index (χ0v) is 20.4. The molecule has 1 aromatic carbocycles. The smallest absolute Gasteiger partial charge is 0.273 e. The number of amides is 2. The van der Waals surface area contributed by atoms with E-state index in [0.29, 0.717) is 31.2 Å². The number of likely N-dealkylation sites (tertiary alicyclic amines) is 1. The van der Waals surface area contributed by atoms with Crippen LogP contribution in [-0.2, 0) is 11.2 Å². The number of hydrogen-bond donors (Lipinski definition) is 1. The molecule has 0 spiro atoms. The van der Waals surface area contributed by atoms with Crippen LogP contribution < -0.4 is 5.32 Å². The first-order chi connectivity index (χ1) is 16.1. The molecule has 7 nitrogen and oxygen atoms in total. The lowest BCUT2D eigenvalue weighted by Gasteiger charge is -2.37. The molecule has 8 heteroatoms. The van der Waals surface area contributed by atoms with Crippen molar-refractivity contribution in [2.24, 2.45) is 5.92 Å². The predicted octanol–water partition coefficient (Wildman–Crippen LogP) is 3.20. The highest BCUT2D eigenvalue weighted by Gasteiger charge is 2.28. The van der Waals surface area contributed by atoms with Crippen LogP contribution in [0.1, 0.15) is 42.2 Å². The van der Waals surface area contributed by atoms with Crippen LogP contribution in [-0.4, -0.2) is 83.9 Å². The second-order valence-electron chi connectivity index (χ2n) is 9.05. The number of nitrogens with one attached hydrogen (secondary N) is 1. The molecule has 4 rings (SSSR count). The Morgan fingerprint density at radius 1 is 1.03 bits per heavy atom. The molecule has 1 aromatic heterocycles. The first-order valence-corrected chi connectivity index (χ1v) is 13.0. The van der Waals surface area contributed by atoms with Crippen molar-refractivity contribution in [1.29, 1.82) is 0 Å². The number of benzene rings is 1. The van der Waals surface area contributed by atoms with Crippen molar-refractivity contribution < 1.29 is 9.59 Å². The highest BCUT2D eigenvalue weighted by molar-refractivity contribution is 7.13. The maximum Gasteiger partial charge on any atom is 0.273 e. The normalized spacial score (nSPS) is 17.8. The largest absolute Gasteiger partial charge is 0.362 e. The van der Waals surface area contributed by atoms with E-state index < -0.39 is 0 Å². The highest BCUT2D eigenvalue weighted by atomic mass is 32.1. The van der Waals surface area contributed by atoms with Gasteiger partial charge in [-0.25, -0.2) is 4.98 Å². The molecule has 178 valence electrons. The predicted molar refractivity (Wildman–Crippen MR) is 133 cm³/mol. The van der Waals surface area contributed by atoms with Crippen LogP contribution in [0.25, 0.3) is 0 Å². The van der Waals surface area contributed by atoms with E-state index in [0.717, 1.165) is 63.5 Å². The summed E-state index contributed by atoms with van der Waals surface area (Å²) in [4.78, 5) is 36.1. The molecule has 0 radical (unpaired) electrons. The number of rotatable bonds is 8. The van der Waals surface area contributed by atoms with Gasteiger partial charge in [-0.05, 0) is 37.2 Å². The standard InChI is InChI=1S/C25H35N5O2S/c1-2-10-26-25-27-22(19-33-25)24(32)30-15-13-28(14-16-30)18-23(31)29-11-8-21(9-12-29)17-20-6-4-3-5-7-20/h3-7,19,21H,2,8-18H2,1H3,(H,26,27). The van der Waals surface area contributed by atoms with Gasteiger partial charge in [0.2, 0.25) is 5.91 Å². The van der Waals surface area contributed by atoms with E-state index in [1.165, 1.54) is 16.9 Å². The molecule has 33 heavy (non-hydrogen) atoms. The summed E-state index contributed by atoms with van der Waals surface area (Å²) in [7, 11) is 0. The number of aromatic nitrogens is 1. The first kappa shape index (κ1) is 23.7. The molecule has 2 aromatic rings. The summed E-state index contributed by atoms with van der Waals surface area (Å²) in [6.45, 7) is 7.86. The minimum atomic E-state index is -0.0118. The Hall–Kier alpha value is -2.45. The third kappa shape index (κ3) is 6.54. The van der Waals surface area contributed by atoms with Crippen LogP contribution in [0.2, 0.25) is 0 Å². The van der Waals surface area contributed by atoms with Crippen molar-refractivity contribution in [3.8, 4) is 0 Å². The van der Waals surface area contributed by atoms with Gasteiger partial charge in [0.15, 0.2) is 5.13 Å². The molecule has 2 aliphatic heterocycles.